The molecule has 0 saturated heterocycles. The minimum atomic E-state index is -3.25. The van der Waals surface area contributed by atoms with E-state index in [-0.39, 0.29) is 23.0 Å². The minimum absolute atomic E-state index is 0.0550. The number of benzene rings is 2. The first kappa shape index (κ1) is 23.7. The van der Waals surface area contributed by atoms with E-state index >= 15 is 0 Å². The Balaban J connectivity index is 1.85. The van der Waals surface area contributed by atoms with E-state index in [1.165, 1.54) is 11.3 Å². The van der Waals surface area contributed by atoms with Crippen molar-refractivity contribution in [3.63, 3.8) is 0 Å². The zero-order valence-electron chi connectivity index (χ0n) is 18.2. The van der Waals surface area contributed by atoms with Gasteiger partial charge in [-0.25, -0.2) is 13.4 Å². The van der Waals surface area contributed by atoms with E-state index in [2.05, 4.69) is 6.07 Å². The molecule has 0 fully saturated rings. The Bertz CT molecular complexity index is 1160. The van der Waals surface area contributed by atoms with Crippen LogP contribution in [0.1, 0.15) is 12.5 Å². The van der Waals surface area contributed by atoms with Gasteiger partial charge in [-0.3, -0.25) is 9.69 Å². The predicted octanol–water partition coefficient (Wildman–Crippen LogP) is 3.95. The van der Waals surface area contributed by atoms with Crippen molar-refractivity contribution in [3.8, 4) is 0 Å². The van der Waals surface area contributed by atoms with Crippen molar-refractivity contribution >= 4 is 54.2 Å². The van der Waals surface area contributed by atoms with Crippen molar-refractivity contribution in [2.45, 2.75) is 23.1 Å². The van der Waals surface area contributed by atoms with Gasteiger partial charge in [0.05, 0.1) is 27.3 Å². The van der Waals surface area contributed by atoms with Crippen LogP contribution in [-0.2, 0) is 21.1 Å². The number of hydrogen-bond acceptors (Lipinski definition) is 7. The number of sulfone groups is 1. The molecule has 0 aliphatic heterocycles. The lowest BCUT2D eigenvalue weighted by atomic mass is 10.1. The maximum absolute atomic E-state index is 13.2. The van der Waals surface area contributed by atoms with Gasteiger partial charge in [0.2, 0.25) is 5.91 Å². The fourth-order valence-corrected chi connectivity index (χ4v) is 5.46. The molecule has 9 heteroatoms. The number of anilines is 1. The summed E-state index contributed by atoms with van der Waals surface area (Å²) in [5, 5.41) is 0.685. The van der Waals surface area contributed by atoms with Gasteiger partial charge in [-0.1, -0.05) is 30.4 Å². The Morgan fingerprint density at radius 2 is 1.81 bits per heavy atom. The SMILES string of the molecule is CCS(=O)(=O)c1ccc(CC(=O)N(CCN(C)C)c2nc3ccc(SC)cc3s2)cc1. The lowest BCUT2D eigenvalue weighted by Gasteiger charge is -2.22. The highest BCUT2D eigenvalue weighted by molar-refractivity contribution is 7.98. The predicted molar refractivity (Wildman–Crippen MR) is 130 cm³/mol. The average molecular weight is 478 g/mol. The topological polar surface area (TPSA) is 70.6 Å². The van der Waals surface area contributed by atoms with Gasteiger partial charge >= 0.3 is 0 Å². The molecule has 0 unspecified atom stereocenters. The number of nitrogens with zero attached hydrogens (tertiary/aromatic N) is 3. The summed E-state index contributed by atoms with van der Waals surface area (Å²) in [6.45, 7) is 2.87. The molecule has 2 aromatic carbocycles. The Hall–Kier alpha value is -1.94. The van der Waals surface area contributed by atoms with Gasteiger partial charge in [0.25, 0.3) is 0 Å². The van der Waals surface area contributed by atoms with Crippen molar-refractivity contribution in [2.75, 3.05) is 44.1 Å². The molecule has 0 aliphatic rings. The quantitative estimate of drug-likeness (QED) is 0.435. The highest BCUT2D eigenvalue weighted by atomic mass is 32.2. The molecule has 0 atom stereocenters. The van der Waals surface area contributed by atoms with E-state index in [0.29, 0.717) is 18.2 Å². The fourth-order valence-electron chi connectivity index (χ4n) is 3.01. The van der Waals surface area contributed by atoms with Crippen molar-refractivity contribution in [2.24, 2.45) is 0 Å². The lowest BCUT2D eigenvalue weighted by molar-refractivity contribution is -0.118. The van der Waals surface area contributed by atoms with Crippen LogP contribution in [0.15, 0.2) is 52.3 Å². The van der Waals surface area contributed by atoms with E-state index in [9.17, 15) is 13.2 Å². The number of amides is 1. The Morgan fingerprint density at radius 1 is 1.10 bits per heavy atom. The molecule has 1 aromatic heterocycles. The first-order valence-corrected chi connectivity index (χ1v) is 13.6. The third kappa shape index (κ3) is 5.85. The summed E-state index contributed by atoms with van der Waals surface area (Å²) in [4.78, 5) is 23.1. The summed E-state index contributed by atoms with van der Waals surface area (Å²) in [5.41, 5.74) is 1.66. The van der Waals surface area contributed by atoms with E-state index in [0.717, 1.165) is 20.7 Å². The maximum Gasteiger partial charge on any atom is 0.233 e. The van der Waals surface area contributed by atoms with E-state index in [1.807, 2.05) is 37.4 Å². The number of aromatic nitrogens is 1. The molecule has 31 heavy (non-hydrogen) atoms. The number of carbonyl (C=O) groups is 1. The largest absolute Gasteiger partial charge is 0.308 e. The molecule has 1 amide bonds. The number of thiazole rings is 1. The van der Waals surface area contributed by atoms with Crippen LogP contribution in [0.3, 0.4) is 0 Å². The van der Waals surface area contributed by atoms with Crippen LogP contribution < -0.4 is 4.90 Å². The van der Waals surface area contributed by atoms with Crippen molar-refractivity contribution in [3.05, 3.63) is 48.0 Å². The van der Waals surface area contributed by atoms with Gasteiger partial charge in [-0.2, -0.15) is 0 Å². The monoisotopic (exact) mass is 477 g/mol. The maximum atomic E-state index is 13.2. The molecule has 3 aromatic rings. The molecular weight excluding hydrogens is 450 g/mol. The van der Waals surface area contributed by atoms with Gasteiger partial charge in [-0.05, 0) is 56.2 Å². The number of rotatable bonds is 9. The Labute approximate surface area is 192 Å². The molecular formula is C22H27N3O3S3. The van der Waals surface area contributed by atoms with Crippen molar-refractivity contribution < 1.29 is 13.2 Å². The van der Waals surface area contributed by atoms with Crippen LogP contribution in [-0.4, -0.2) is 63.4 Å². The smallest absolute Gasteiger partial charge is 0.233 e. The molecule has 0 saturated carbocycles. The molecule has 1 heterocycles. The third-order valence-electron chi connectivity index (χ3n) is 4.90. The van der Waals surface area contributed by atoms with Crippen LogP contribution in [0.25, 0.3) is 10.2 Å². The molecule has 0 spiro atoms. The zero-order valence-corrected chi connectivity index (χ0v) is 20.6. The average Bonchev–Trinajstić information content (AvgIpc) is 3.16. The van der Waals surface area contributed by atoms with Crippen LogP contribution in [0, 0.1) is 0 Å². The first-order chi connectivity index (χ1) is 14.7. The van der Waals surface area contributed by atoms with Gasteiger partial charge in [0.1, 0.15) is 0 Å². The third-order valence-corrected chi connectivity index (χ3v) is 8.42. The minimum Gasteiger partial charge on any atom is -0.308 e. The van der Waals surface area contributed by atoms with Crippen molar-refractivity contribution in [1.82, 2.24) is 9.88 Å². The Kier molecular flexibility index (Phi) is 7.74. The van der Waals surface area contributed by atoms with E-state index in [1.54, 1.807) is 47.9 Å². The second-order valence-electron chi connectivity index (χ2n) is 7.40. The summed E-state index contributed by atoms with van der Waals surface area (Å²) in [7, 11) is 0.689. The summed E-state index contributed by atoms with van der Waals surface area (Å²) in [6, 6.07) is 12.7. The summed E-state index contributed by atoms with van der Waals surface area (Å²) < 4.78 is 25.1. The van der Waals surface area contributed by atoms with Gasteiger partial charge in [0.15, 0.2) is 15.0 Å². The highest BCUT2D eigenvalue weighted by Crippen LogP contribution is 2.32. The summed E-state index contributed by atoms with van der Waals surface area (Å²) in [5.74, 6) is -0.00324. The number of thioether (sulfide) groups is 1. The molecule has 3 rings (SSSR count). The molecule has 0 bridgehead atoms. The number of hydrogen-bond donors (Lipinski definition) is 0. The van der Waals surface area contributed by atoms with E-state index < -0.39 is 9.84 Å². The molecule has 166 valence electrons. The normalized spacial score (nSPS) is 11.9. The number of likely N-dealkylation sites (N-methyl/N-ethyl adjacent to an activating group) is 1. The van der Waals surface area contributed by atoms with Crippen LogP contribution in [0.2, 0.25) is 0 Å². The zero-order chi connectivity index (χ0) is 22.6. The number of fused-ring (bicyclic) bond motifs is 1. The molecule has 0 radical (unpaired) electrons. The molecule has 0 aliphatic carbocycles. The van der Waals surface area contributed by atoms with Crippen LogP contribution in [0.4, 0.5) is 5.13 Å². The van der Waals surface area contributed by atoms with Crippen LogP contribution >= 0.6 is 23.1 Å². The fraction of sp³-hybridized carbons (Fsp3) is 0.364. The van der Waals surface area contributed by atoms with E-state index in [4.69, 9.17) is 4.98 Å². The second kappa shape index (κ2) is 10.1. The van der Waals surface area contributed by atoms with Gasteiger partial charge in [-0.15, -0.1) is 11.8 Å². The Morgan fingerprint density at radius 3 is 2.42 bits per heavy atom. The van der Waals surface area contributed by atoms with Gasteiger partial charge in [0, 0.05) is 18.0 Å². The second-order valence-corrected chi connectivity index (χ2v) is 11.6. The number of carbonyl (C=O) groups excluding carboxylic acids is 1. The van der Waals surface area contributed by atoms with Gasteiger partial charge < -0.3 is 4.90 Å². The standard InChI is InChI=1S/C22H27N3O3S3/c1-5-31(27,28)18-9-6-16(7-10-18)14-21(26)25(13-12-24(2)3)22-23-19-11-8-17(29-4)15-20(19)30-22/h6-11,15H,5,12-14H2,1-4H3. The van der Waals surface area contributed by atoms with Crippen LogP contribution in [0.5, 0.6) is 0 Å². The summed E-state index contributed by atoms with van der Waals surface area (Å²) >= 11 is 3.19. The lowest BCUT2D eigenvalue weighted by Crippen LogP contribution is -2.37. The summed E-state index contributed by atoms with van der Waals surface area (Å²) in [6.07, 6.45) is 2.22. The van der Waals surface area contributed by atoms with Crippen molar-refractivity contribution in [1.29, 1.82) is 0 Å². The first-order valence-electron chi connectivity index (χ1n) is 9.95. The molecule has 6 nitrogen and oxygen atoms in total. The highest BCUT2D eigenvalue weighted by Gasteiger charge is 2.21. The molecule has 0 N–H and O–H groups in total.